The zero-order valence-corrected chi connectivity index (χ0v) is 13.6. The van der Waals surface area contributed by atoms with Gasteiger partial charge in [0.1, 0.15) is 25.5 Å². The molecule has 0 saturated heterocycles. The molecule has 0 amide bonds. The first-order chi connectivity index (χ1) is 8.79. The Labute approximate surface area is 131 Å². The van der Waals surface area contributed by atoms with Crippen LogP contribution in [0.2, 0.25) is 10.3 Å². The third-order valence-electron chi connectivity index (χ3n) is 1.77. The second kappa shape index (κ2) is 7.01. The topological polar surface area (TPSA) is 91.5 Å². The maximum absolute atomic E-state index is 10.9. The molecule has 0 aromatic carbocycles. The van der Waals surface area contributed by atoms with Gasteiger partial charge in [0, 0.05) is 6.07 Å². The minimum Gasteiger partial charge on any atom is -0.311 e. The summed E-state index contributed by atoms with van der Waals surface area (Å²) in [7, 11) is 0. The van der Waals surface area contributed by atoms with Gasteiger partial charge >= 0.3 is 0 Å². The number of halogens is 3. The number of H-pyrrole nitrogens is 2. The first kappa shape index (κ1) is 16.1. The molecule has 2 rings (SSSR count). The molecule has 0 saturated carbocycles. The van der Waals surface area contributed by atoms with Crippen LogP contribution in [-0.2, 0) is 0 Å². The number of nitrogens with zero attached hydrogens (tertiary/aromatic N) is 2. The van der Waals surface area contributed by atoms with E-state index in [1.54, 1.807) is 13.8 Å². The number of aromatic amines is 2. The van der Waals surface area contributed by atoms with E-state index < -0.39 is 0 Å². The summed E-state index contributed by atoms with van der Waals surface area (Å²) in [5.74, 6) is 1.07. The second-order valence-electron chi connectivity index (χ2n) is 3.41. The molecule has 19 heavy (non-hydrogen) atoms. The molecule has 2 heterocycles. The van der Waals surface area contributed by atoms with E-state index in [2.05, 4.69) is 19.9 Å². The number of hydrogen-bond acceptors (Lipinski definition) is 4. The minimum absolute atomic E-state index is 0.182. The third kappa shape index (κ3) is 5.29. The number of nitrogens with one attached hydrogen (secondary N) is 2. The maximum Gasteiger partial charge on any atom is 0.265 e. The Balaban J connectivity index is 0.000000191. The number of rotatable bonds is 0. The normalized spacial score (nSPS) is 9.74. The van der Waals surface area contributed by atoms with Gasteiger partial charge in [-0.1, -0.05) is 23.2 Å². The van der Waals surface area contributed by atoms with Gasteiger partial charge in [-0.2, -0.15) is 0 Å². The summed E-state index contributed by atoms with van der Waals surface area (Å²) in [6.45, 7) is 3.36. The fraction of sp³-hybridized carbons (Fsp3) is 0.200. The van der Waals surface area contributed by atoms with Crippen LogP contribution in [0.15, 0.2) is 15.7 Å². The van der Waals surface area contributed by atoms with E-state index >= 15 is 0 Å². The Morgan fingerprint density at radius 3 is 2.16 bits per heavy atom. The Hall–Kier alpha value is -0.930. The molecule has 2 N–H and O–H groups in total. The molecule has 2 aromatic heterocycles. The molecule has 0 spiro atoms. The Morgan fingerprint density at radius 1 is 1.11 bits per heavy atom. The van der Waals surface area contributed by atoms with Crippen molar-refractivity contribution in [3.63, 3.8) is 0 Å². The lowest BCUT2D eigenvalue weighted by atomic mass is 10.6. The van der Waals surface area contributed by atoms with E-state index in [-0.39, 0.29) is 21.4 Å². The Bertz CT molecular complexity index is 675. The van der Waals surface area contributed by atoms with E-state index in [0.717, 1.165) is 0 Å². The van der Waals surface area contributed by atoms with Crippen molar-refractivity contribution in [2.24, 2.45) is 0 Å². The van der Waals surface area contributed by atoms with E-state index in [1.165, 1.54) is 6.07 Å². The van der Waals surface area contributed by atoms with Gasteiger partial charge in [0.2, 0.25) is 0 Å². The molecule has 0 bridgehead atoms. The third-order valence-corrected chi connectivity index (χ3v) is 3.56. The fourth-order valence-electron chi connectivity index (χ4n) is 1.08. The van der Waals surface area contributed by atoms with Crippen LogP contribution in [0, 0.1) is 17.4 Å². The lowest BCUT2D eigenvalue weighted by Gasteiger charge is -1.94. The summed E-state index contributed by atoms with van der Waals surface area (Å²) in [4.78, 5) is 34.0. The maximum atomic E-state index is 10.9. The van der Waals surface area contributed by atoms with Gasteiger partial charge in [-0.05, 0) is 36.4 Å². The second-order valence-corrected chi connectivity index (χ2v) is 5.23. The number of aromatic nitrogens is 4. The molecular formula is C10H9Cl2IN4O2. The molecular weight excluding hydrogens is 406 g/mol. The van der Waals surface area contributed by atoms with Crippen molar-refractivity contribution in [3.8, 4) is 0 Å². The summed E-state index contributed by atoms with van der Waals surface area (Å²) in [5, 5.41) is 0.498. The molecule has 9 heteroatoms. The van der Waals surface area contributed by atoms with Gasteiger partial charge in [-0.25, -0.2) is 9.97 Å². The summed E-state index contributed by atoms with van der Waals surface area (Å²) >= 11 is 12.8. The molecule has 0 aliphatic carbocycles. The molecule has 0 aliphatic rings. The zero-order valence-electron chi connectivity index (χ0n) is 9.92. The molecule has 0 radical (unpaired) electrons. The largest absolute Gasteiger partial charge is 0.311 e. The van der Waals surface area contributed by atoms with Crippen molar-refractivity contribution >= 4 is 45.8 Å². The van der Waals surface area contributed by atoms with E-state index in [0.29, 0.717) is 15.2 Å². The van der Waals surface area contributed by atoms with Crippen molar-refractivity contribution in [1.29, 1.82) is 0 Å². The minimum atomic E-state index is -0.215. The van der Waals surface area contributed by atoms with Crippen molar-refractivity contribution in [3.05, 3.63) is 52.3 Å². The number of hydrogen-bond donors (Lipinski definition) is 2. The monoisotopic (exact) mass is 414 g/mol. The average Bonchev–Trinajstić information content (AvgIpc) is 2.24. The van der Waals surface area contributed by atoms with E-state index in [1.807, 2.05) is 22.6 Å². The van der Waals surface area contributed by atoms with Gasteiger partial charge < -0.3 is 9.97 Å². The van der Waals surface area contributed by atoms with Crippen LogP contribution in [0.25, 0.3) is 0 Å². The highest BCUT2D eigenvalue weighted by Gasteiger charge is 2.02. The van der Waals surface area contributed by atoms with Crippen molar-refractivity contribution in [2.75, 3.05) is 0 Å². The van der Waals surface area contributed by atoms with Crippen LogP contribution in [0.4, 0.5) is 0 Å². The van der Waals surface area contributed by atoms with Gasteiger partial charge in [-0.15, -0.1) is 0 Å². The van der Waals surface area contributed by atoms with Crippen molar-refractivity contribution in [2.45, 2.75) is 13.8 Å². The molecule has 0 aliphatic heterocycles. The fourth-order valence-corrected chi connectivity index (χ4v) is 1.77. The van der Waals surface area contributed by atoms with Gasteiger partial charge in [0.05, 0.1) is 0 Å². The van der Waals surface area contributed by atoms with Gasteiger partial charge in [-0.3, -0.25) is 9.59 Å². The summed E-state index contributed by atoms with van der Waals surface area (Å²) in [6.07, 6.45) is 0. The highest BCUT2D eigenvalue weighted by molar-refractivity contribution is 14.1. The summed E-state index contributed by atoms with van der Waals surface area (Å²) in [5.41, 5.74) is -0.398. The molecule has 0 atom stereocenters. The summed E-state index contributed by atoms with van der Waals surface area (Å²) < 4.78 is 0.435. The lowest BCUT2D eigenvalue weighted by molar-refractivity contribution is 1.01. The molecule has 2 aromatic rings. The van der Waals surface area contributed by atoms with Gasteiger partial charge in [0.25, 0.3) is 11.1 Å². The van der Waals surface area contributed by atoms with Crippen LogP contribution in [-0.4, -0.2) is 19.9 Å². The SMILES string of the molecule is Cc1nc(Cl)c(I)c(=O)[nH]1.Cc1nc(Cl)cc(=O)[nH]1. The Morgan fingerprint density at radius 2 is 1.68 bits per heavy atom. The van der Waals surface area contributed by atoms with Crippen molar-refractivity contribution in [1.82, 2.24) is 19.9 Å². The molecule has 0 unspecified atom stereocenters. The smallest absolute Gasteiger partial charge is 0.265 e. The first-order valence-corrected chi connectivity index (χ1v) is 6.78. The standard InChI is InChI=1S/C5H4ClIN2O.C5H5ClN2O/c1-2-8-4(6)3(7)5(10)9-2;1-3-7-4(6)2-5(9)8-3/h1H3,(H,8,9,10);2H,1H3,(H,7,8,9). The zero-order chi connectivity index (χ0) is 14.6. The van der Waals surface area contributed by atoms with Crippen LogP contribution in [0.1, 0.15) is 11.6 Å². The van der Waals surface area contributed by atoms with Crippen LogP contribution in [0.5, 0.6) is 0 Å². The lowest BCUT2D eigenvalue weighted by Crippen LogP contribution is -2.12. The van der Waals surface area contributed by atoms with Crippen LogP contribution < -0.4 is 11.1 Å². The predicted octanol–water partition coefficient (Wildman–Crippen LogP) is 2.07. The molecule has 0 fully saturated rings. The summed E-state index contributed by atoms with van der Waals surface area (Å²) in [6, 6.07) is 1.23. The van der Waals surface area contributed by atoms with Crippen LogP contribution in [0.3, 0.4) is 0 Å². The molecule has 6 nitrogen and oxygen atoms in total. The quantitative estimate of drug-likeness (QED) is 0.510. The van der Waals surface area contributed by atoms with Gasteiger partial charge in [0.15, 0.2) is 0 Å². The Kier molecular flexibility index (Phi) is 5.95. The highest BCUT2D eigenvalue weighted by Crippen LogP contribution is 2.09. The number of aryl methyl sites for hydroxylation is 2. The highest BCUT2D eigenvalue weighted by atomic mass is 127. The van der Waals surface area contributed by atoms with E-state index in [9.17, 15) is 9.59 Å². The predicted molar refractivity (Wildman–Crippen MR) is 81.9 cm³/mol. The average molecular weight is 415 g/mol. The molecule has 102 valence electrons. The van der Waals surface area contributed by atoms with Crippen molar-refractivity contribution < 1.29 is 0 Å². The first-order valence-electron chi connectivity index (χ1n) is 4.95. The van der Waals surface area contributed by atoms with E-state index in [4.69, 9.17) is 23.2 Å². The van der Waals surface area contributed by atoms with Crippen LogP contribution >= 0.6 is 45.8 Å².